The van der Waals surface area contributed by atoms with E-state index in [9.17, 15) is 14.4 Å². The van der Waals surface area contributed by atoms with E-state index in [1.165, 1.54) is 0 Å². The van der Waals surface area contributed by atoms with E-state index >= 15 is 0 Å². The van der Waals surface area contributed by atoms with Crippen LogP contribution in [0.25, 0.3) is 0 Å². The van der Waals surface area contributed by atoms with E-state index < -0.39 is 5.91 Å². The van der Waals surface area contributed by atoms with Gasteiger partial charge in [-0.2, -0.15) is 0 Å². The summed E-state index contributed by atoms with van der Waals surface area (Å²) in [5.41, 5.74) is 0. The summed E-state index contributed by atoms with van der Waals surface area (Å²) in [6.45, 7) is 4.60. The van der Waals surface area contributed by atoms with E-state index in [1.54, 1.807) is 14.7 Å². The number of hydrogen-bond donors (Lipinski definition) is 0. The maximum absolute atomic E-state index is 12.2. The minimum Gasteiger partial charge on any atom is -0.342 e. The highest BCUT2D eigenvalue weighted by Crippen LogP contribution is 2.17. The topological polar surface area (TPSA) is 60.9 Å². The zero-order valence-electron chi connectivity index (χ0n) is 11.4. The molecule has 2 rings (SSSR count). The van der Waals surface area contributed by atoms with Crippen LogP contribution in [0.2, 0.25) is 0 Å². The van der Waals surface area contributed by atoms with Crippen LogP contribution in [0.5, 0.6) is 0 Å². The molecule has 3 amide bonds. The minimum atomic E-state index is -0.417. The van der Waals surface area contributed by atoms with E-state index in [1.807, 2.05) is 6.92 Å². The first kappa shape index (κ1) is 13.8. The summed E-state index contributed by atoms with van der Waals surface area (Å²) in [6, 6.07) is 0.154. The number of carbonyl (C=O) groups is 3. The van der Waals surface area contributed by atoms with E-state index in [0.29, 0.717) is 32.7 Å². The summed E-state index contributed by atoms with van der Waals surface area (Å²) in [7, 11) is 0. The van der Waals surface area contributed by atoms with E-state index in [4.69, 9.17) is 0 Å². The van der Waals surface area contributed by atoms with Gasteiger partial charge >= 0.3 is 11.8 Å². The van der Waals surface area contributed by atoms with Crippen LogP contribution in [-0.4, -0.2) is 71.7 Å². The molecule has 0 aromatic rings. The van der Waals surface area contributed by atoms with Crippen molar-refractivity contribution in [3.05, 3.63) is 0 Å². The van der Waals surface area contributed by atoms with E-state index in [0.717, 1.165) is 25.7 Å². The Labute approximate surface area is 113 Å². The van der Waals surface area contributed by atoms with Gasteiger partial charge in [0, 0.05) is 38.8 Å². The molecule has 2 aliphatic heterocycles. The Morgan fingerprint density at radius 3 is 2.26 bits per heavy atom. The number of rotatable bonds is 1. The zero-order chi connectivity index (χ0) is 13.8. The summed E-state index contributed by atoms with van der Waals surface area (Å²) < 4.78 is 0. The molecule has 0 aromatic carbocycles. The highest BCUT2D eigenvalue weighted by Gasteiger charge is 2.32. The third kappa shape index (κ3) is 3.05. The molecule has 19 heavy (non-hydrogen) atoms. The Kier molecular flexibility index (Phi) is 4.39. The molecule has 6 nitrogen and oxygen atoms in total. The first-order chi connectivity index (χ1) is 9.13. The van der Waals surface area contributed by atoms with Gasteiger partial charge in [0.2, 0.25) is 6.41 Å². The van der Waals surface area contributed by atoms with Gasteiger partial charge in [0.15, 0.2) is 0 Å². The van der Waals surface area contributed by atoms with Crippen LogP contribution in [0.4, 0.5) is 0 Å². The van der Waals surface area contributed by atoms with Gasteiger partial charge in [0.1, 0.15) is 0 Å². The monoisotopic (exact) mass is 267 g/mol. The summed E-state index contributed by atoms with van der Waals surface area (Å²) in [5, 5.41) is 0. The van der Waals surface area contributed by atoms with Crippen molar-refractivity contribution in [3.63, 3.8) is 0 Å². The molecule has 0 radical (unpaired) electrons. The second kappa shape index (κ2) is 6.04. The first-order valence-electron chi connectivity index (χ1n) is 6.92. The third-order valence-corrected chi connectivity index (χ3v) is 4.00. The summed E-state index contributed by atoms with van der Waals surface area (Å²) >= 11 is 0. The summed E-state index contributed by atoms with van der Waals surface area (Å²) in [6.07, 6.45) is 3.85. The van der Waals surface area contributed by atoms with Crippen molar-refractivity contribution < 1.29 is 14.4 Å². The van der Waals surface area contributed by atoms with Gasteiger partial charge in [-0.25, -0.2) is 0 Å². The van der Waals surface area contributed by atoms with Crippen LogP contribution in [0.1, 0.15) is 26.2 Å². The minimum absolute atomic E-state index is 0.154. The molecular weight excluding hydrogens is 246 g/mol. The average molecular weight is 267 g/mol. The normalized spacial score (nSPS) is 24.3. The zero-order valence-corrected chi connectivity index (χ0v) is 11.4. The second-order valence-corrected chi connectivity index (χ2v) is 5.28. The number of hydrogen-bond acceptors (Lipinski definition) is 3. The van der Waals surface area contributed by atoms with Gasteiger partial charge in [-0.05, 0) is 26.2 Å². The predicted octanol–water partition coefficient (Wildman–Crippen LogP) is -0.312. The fourth-order valence-electron chi connectivity index (χ4n) is 2.69. The lowest BCUT2D eigenvalue weighted by Gasteiger charge is -2.36. The fraction of sp³-hybridized carbons (Fsp3) is 0.769. The van der Waals surface area contributed by atoms with Crippen LogP contribution in [0, 0.1) is 0 Å². The Bertz CT molecular complexity index is 364. The lowest BCUT2D eigenvalue weighted by molar-refractivity contribution is -0.155. The largest absolute Gasteiger partial charge is 0.342 e. The van der Waals surface area contributed by atoms with Crippen LogP contribution in [-0.2, 0) is 14.4 Å². The van der Waals surface area contributed by atoms with Crippen LogP contribution < -0.4 is 0 Å². The van der Waals surface area contributed by atoms with Crippen molar-refractivity contribution in [2.24, 2.45) is 0 Å². The van der Waals surface area contributed by atoms with Gasteiger partial charge < -0.3 is 14.7 Å². The number of nitrogens with zero attached hydrogens (tertiary/aromatic N) is 3. The van der Waals surface area contributed by atoms with Crippen molar-refractivity contribution in [1.82, 2.24) is 14.7 Å². The standard InChI is InChI=1S/C13H21N3O3/c1-11-4-2-3-5-16(11)13(19)12(18)15-8-6-14(10-17)7-9-15/h10-11H,2-9H2,1H3. The highest BCUT2D eigenvalue weighted by molar-refractivity contribution is 6.35. The summed E-state index contributed by atoms with van der Waals surface area (Å²) in [5.74, 6) is -0.800. The molecule has 6 heteroatoms. The van der Waals surface area contributed by atoms with Gasteiger partial charge in [0.05, 0.1) is 0 Å². The van der Waals surface area contributed by atoms with Crippen molar-refractivity contribution in [3.8, 4) is 0 Å². The van der Waals surface area contributed by atoms with E-state index in [-0.39, 0.29) is 11.9 Å². The maximum atomic E-state index is 12.2. The smallest absolute Gasteiger partial charge is 0.312 e. The second-order valence-electron chi connectivity index (χ2n) is 5.28. The van der Waals surface area contributed by atoms with Gasteiger partial charge in [-0.15, -0.1) is 0 Å². The number of piperidine rings is 1. The quantitative estimate of drug-likeness (QED) is 0.483. The lowest BCUT2D eigenvalue weighted by Crippen LogP contribution is -2.55. The molecule has 0 aromatic heterocycles. The average Bonchev–Trinajstić information content (AvgIpc) is 2.46. The number of carbonyl (C=O) groups excluding carboxylic acids is 3. The molecule has 106 valence electrons. The van der Waals surface area contributed by atoms with Crippen molar-refractivity contribution in [2.45, 2.75) is 32.2 Å². The molecule has 0 N–H and O–H groups in total. The number of piperazine rings is 1. The molecule has 2 saturated heterocycles. The van der Waals surface area contributed by atoms with Crippen molar-refractivity contribution in [2.75, 3.05) is 32.7 Å². The predicted molar refractivity (Wildman–Crippen MR) is 69.2 cm³/mol. The number of amides is 3. The first-order valence-corrected chi connectivity index (χ1v) is 6.92. The Morgan fingerprint density at radius 1 is 1.00 bits per heavy atom. The molecule has 0 bridgehead atoms. The maximum Gasteiger partial charge on any atom is 0.312 e. The van der Waals surface area contributed by atoms with Gasteiger partial charge in [-0.3, -0.25) is 14.4 Å². The Hall–Kier alpha value is -1.59. The van der Waals surface area contributed by atoms with E-state index in [2.05, 4.69) is 0 Å². The lowest BCUT2D eigenvalue weighted by atomic mass is 10.0. The molecule has 2 heterocycles. The van der Waals surface area contributed by atoms with Crippen LogP contribution in [0.15, 0.2) is 0 Å². The Morgan fingerprint density at radius 2 is 1.68 bits per heavy atom. The molecule has 1 atom stereocenters. The molecule has 2 fully saturated rings. The van der Waals surface area contributed by atoms with Crippen LogP contribution >= 0.6 is 0 Å². The highest BCUT2D eigenvalue weighted by atomic mass is 16.2. The molecule has 0 spiro atoms. The third-order valence-electron chi connectivity index (χ3n) is 4.00. The van der Waals surface area contributed by atoms with Crippen molar-refractivity contribution >= 4 is 18.2 Å². The molecule has 0 saturated carbocycles. The molecule has 2 aliphatic rings. The summed E-state index contributed by atoms with van der Waals surface area (Å²) in [4.78, 5) is 39.9. The fourth-order valence-corrected chi connectivity index (χ4v) is 2.69. The van der Waals surface area contributed by atoms with Gasteiger partial charge in [0.25, 0.3) is 0 Å². The van der Waals surface area contributed by atoms with Crippen LogP contribution in [0.3, 0.4) is 0 Å². The molecular formula is C13H21N3O3. The SMILES string of the molecule is CC1CCCCN1C(=O)C(=O)N1CCN(C=O)CC1. The Balaban J connectivity index is 1.92. The number of likely N-dealkylation sites (tertiary alicyclic amines) is 1. The molecule has 1 unspecified atom stereocenters. The molecule has 0 aliphatic carbocycles. The van der Waals surface area contributed by atoms with Crippen molar-refractivity contribution in [1.29, 1.82) is 0 Å². The van der Waals surface area contributed by atoms with Gasteiger partial charge in [-0.1, -0.05) is 0 Å².